The first-order valence-electron chi connectivity index (χ1n) is 8.82. The average molecular weight is 301 g/mol. The Morgan fingerprint density at radius 3 is 2.36 bits per heavy atom. The van der Waals surface area contributed by atoms with Gasteiger partial charge in [-0.15, -0.1) is 0 Å². The van der Waals surface area contributed by atoms with Crippen LogP contribution in [-0.2, 0) is 11.3 Å². The number of piperidine rings is 1. The normalized spacial score (nSPS) is 36.0. The number of hydrogen-bond acceptors (Lipinski definition) is 3. The number of fused-ring (bicyclic) bond motifs is 2. The molecule has 22 heavy (non-hydrogen) atoms. The van der Waals surface area contributed by atoms with Crippen LogP contribution < -0.4 is 0 Å². The molecule has 120 valence electrons. The van der Waals surface area contributed by atoms with Crippen LogP contribution in [0.25, 0.3) is 0 Å². The van der Waals surface area contributed by atoms with Crippen molar-refractivity contribution in [3.05, 3.63) is 35.9 Å². The molecule has 2 heterocycles. The highest BCUT2D eigenvalue weighted by Gasteiger charge is 2.47. The maximum atomic E-state index is 11.1. The van der Waals surface area contributed by atoms with Gasteiger partial charge in [0.25, 0.3) is 0 Å². The molecule has 0 aromatic heterocycles. The van der Waals surface area contributed by atoms with Crippen LogP contribution in [0.2, 0.25) is 0 Å². The van der Waals surface area contributed by atoms with Crippen LogP contribution in [0.3, 0.4) is 0 Å². The van der Waals surface area contributed by atoms with Gasteiger partial charge in [0.1, 0.15) is 0 Å². The van der Waals surface area contributed by atoms with Crippen molar-refractivity contribution in [1.82, 2.24) is 4.90 Å². The van der Waals surface area contributed by atoms with Gasteiger partial charge in [0.05, 0.1) is 18.8 Å². The van der Waals surface area contributed by atoms with E-state index in [1.54, 1.807) is 0 Å². The molecule has 2 aliphatic heterocycles. The predicted octanol–water partition coefficient (Wildman–Crippen LogP) is 2.97. The molecule has 3 aliphatic rings. The molecule has 2 saturated heterocycles. The van der Waals surface area contributed by atoms with Crippen LogP contribution in [-0.4, -0.2) is 40.9 Å². The van der Waals surface area contributed by atoms with Crippen molar-refractivity contribution < 1.29 is 9.84 Å². The molecule has 0 spiro atoms. The van der Waals surface area contributed by atoms with Crippen molar-refractivity contribution in [2.24, 2.45) is 5.92 Å². The fraction of sp³-hybridized carbons (Fsp3) is 0.684. The quantitative estimate of drug-likeness (QED) is 0.928. The van der Waals surface area contributed by atoms with Gasteiger partial charge in [0.2, 0.25) is 0 Å². The predicted molar refractivity (Wildman–Crippen MR) is 86.5 cm³/mol. The smallest absolute Gasteiger partial charge is 0.0682 e. The molecule has 0 amide bonds. The van der Waals surface area contributed by atoms with Crippen molar-refractivity contribution in [3.8, 4) is 0 Å². The summed E-state index contributed by atoms with van der Waals surface area (Å²) in [6.45, 7) is 2.53. The van der Waals surface area contributed by atoms with Crippen molar-refractivity contribution in [1.29, 1.82) is 0 Å². The lowest BCUT2D eigenvalue weighted by molar-refractivity contribution is -0.154. The average Bonchev–Trinajstić information content (AvgIpc) is 2.46. The van der Waals surface area contributed by atoms with Gasteiger partial charge < -0.3 is 9.84 Å². The summed E-state index contributed by atoms with van der Waals surface area (Å²) in [5, 5.41) is 11.1. The molecule has 2 atom stereocenters. The minimum Gasteiger partial charge on any atom is -0.390 e. The lowest BCUT2D eigenvalue weighted by Crippen LogP contribution is -2.61. The highest BCUT2D eigenvalue weighted by molar-refractivity contribution is 5.15. The summed E-state index contributed by atoms with van der Waals surface area (Å²) in [4.78, 5) is 2.58. The summed E-state index contributed by atoms with van der Waals surface area (Å²) in [6.07, 6.45) is 6.78. The van der Waals surface area contributed by atoms with Crippen molar-refractivity contribution in [2.45, 2.75) is 62.8 Å². The summed E-state index contributed by atoms with van der Waals surface area (Å²) < 4.78 is 5.79. The van der Waals surface area contributed by atoms with Crippen LogP contribution in [0.5, 0.6) is 0 Å². The third-order valence-electron chi connectivity index (χ3n) is 5.89. The van der Waals surface area contributed by atoms with E-state index in [0.717, 1.165) is 44.9 Å². The molecule has 4 rings (SSSR count). The number of ether oxygens (including phenoxy) is 1. The van der Waals surface area contributed by atoms with Crippen molar-refractivity contribution in [2.75, 3.05) is 13.2 Å². The molecule has 1 saturated carbocycles. The lowest BCUT2D eigenvalue weighted by atomic mass is 9.71. The number of rotatable bonds is 4. The van der Waals surface area contributed by atoms with Crippen LogP contribution >= 0.6 is 0 Å². The van der Waals surface area contributed by atoms with Gasteiger partial charge in [0, 0.05) is 18.6 Å². The Kier molecular flexibility index (Phi) is 3.97. The lowest BCUT2D eigenvalue weighted by Gasteiger charge is -2.53. The molecule has 3 nitrogen and oxygen atoms in total. The van der Waals surface area contributed by atoms with Crippen molar-refractivity contribution >= 4 is 0 Å². The molecule has 1 aliphatic carbocycles. The van der Waals surface area contributed by atoms with Gasteiger partial charge in [-0.1, -0.05) is 49.6 Å². The fourth-order valence-electron chi connectivity index (χ4n) is 4.60. The third kappa shape index (κ3) is 2.94. The maximum Gasteiger partial charge on any atom is 0.0682 e. The summed E-state index contributed by atoms with van der Waals surface area (Å²) in [5.74, 6) is 0.771. The molecule has 2 unspecified atom stereocenters. The first kappa shape index (κ1) is 14.7. The van der Waals surface area contributed by atoms with Crippen LogP contribution in [0, 0.1) is 5.92 Å². The monoisotopic (exact) mass is 301 g/mol. The van der Waals surface area contributed by atoms with E-state index in [1.807, 2.05) is 0 Å². The topological polar surface area (TPSA) is 32.7 Å². The van der Waals surface area contributed by atoms with Crippen LogP contribution in [0.15, 0.2) is 30.3 Å². The molecule has 1 N–H and O–H groups in total. The molecule has 1 aromatic rings. The Morgan fingerprint density at radius 2 is 1.77 bits per heavy atom. The maximum absolute atomic E-state index is 11.1. The van der Waals surface area contributed by atoms with E-state index in [4.69, 9.17) is 4.74 Å². The van der Waals surface area contributed by atoms with Crippen LogP contribution in [0.4, 0.5) is 0 Å². The number of aliphatic hydroxyl groups is 1. The van der Waals surface area contributed by atoms with Gasteiger partial charge in [-0.25, -0.2) is 0 Å². The second-order valence-corrected chi connectivity index (χ2v) is 7.64. The number of nitrogens with zero attached hydrogens (tertiary/aromatic N) is 1. The van der Waals surface area contributed by atoms with E-state index in [2.05, 4.69) is 35.2 Å². The highest BCUT2D eigenvalue weighted by Crippen LogP contribution is 2.42. The zero-order valence-electron chi connectivity index (χ0n) is 13.3. The van der Waals surface area contributed by atoms with E-state index in [0.29, 0.717) is 12.1 Å². The van der Waals surface area contributed by atoms with E-state index >= 15 is 0 Å². The molecule has 2 bridgehead atoms. The van der Waals surface area contributed by atoms with E-state index in [-0.39, 0.29) is 0 Å². The summed E-state index contributed by atoms with van der Waals surface area (Å²) in [7, 11) is 0. The van der Waals surface area contributed by atoms with Crippen LogP contribution in [0.1, 0.15) is 44.1 Å². The summed E-state index contributed by atoms with van der Waals surface area (Å²) >= 11 is 0. The Balaban J connectivity index is 1.46. The highest BCUT2D eigenvalue weighted by atomic mass is 16.5. The molecule has 0 radical (unpaired) electrons. The summed E-state index contributed by atoms with van der Waals surface area (Å²) in [6, 6.07) is 11.4. The third-order valence-corrected chi connectivity index (χ3v) is 5.89. The first-order chi connectivity index (χ1) is 10.7. The largest absolute Gasteiger partial charge is 0.390 e. The Labute approximate surface area is 133 Å². The number of benzene rings is 1. The summed E-state index contributed by atoms with van der Waals surface area (Å²) in [5.41, 5.74) is 0.918. The van der Waals surface area contributed by atoms with Gasteiger partial charge in [-0.2, -0.15) is 0 Å². The molecular formula is C19H27NO2. The number of hydrogen-bond donors (Lipinski definition) is 1. The van der Waals surface area contributed by atoms with E-state index in [1.165, 1.54) is 24.8 Å². The fourth-order valence-corrected chi connectivity index (χ4v) is 4.60. The minimum absolute atomic E-state index is 0.373. The Morgan fingerprint density at radius 1 is 1.09 bits per heavy atom. The second kappa shape index (κ2) is 5.95. The number of morpholine rings is 1. The standard InChI is InChI=1S/C19H27NO2/c21-19(9-15-7-4-8-15)10-17-13-22-14-18(11-19)20(17)12-16-5-2-1-3-6-16/h1-3,5-6,15,17-18,21H,4,7-14H2. The van der Waals surface area contributed by atoms with Gasteiger partial charge >= 0.3 is 0 Å². The minimum atomic E-state index is -0.447. The van der Waals surface area contributed by atoms with Gasteiger partial charge in [-0.05, 0) is 30.7 Å². The first-order valence-corrected chi connectivity index (χ1v) is 8.82. The molecular weight excluding hydrogens is 274 g/mol. The second-order valence-electron chi connectivity index (χ2n) is 7.64. The van der Waals surface area contributed by atoms with E-state index in [9.17, 15) is 5.11 Å². The van der Waals surface area contributed by atoms with E-state index < -0.39 is 5.60 Å². The van der Waals surface area contributed by atoms with Gasteiger partial charge in [-0.3, -0.25) is 4.90 Å². The Hall–Kier alpha value is -0.900. The van der Waals surface area contributed by atoms with Gasteiger partial charge in [0.15, 0.2) is 0 Å². The Bertz CT molecular complexity index is 485. The zero-order valence-corrected chi connectivity index (χ0v) is 13.3. The SMILES string of the molecule is OC1(CC2CCC2)CC2COCC(C1)N2Cc1ccccc1. The zero-order chi connectivity index (χ0) is 15.0. The molecule has 1 aromatic carbocycles. The van der Waals surface area contributed by atoms with Crippen molar-refractivity contribution in [3.63, 3.8) is 0 Å². The molecule has 3 fully saturated rings. The molecule has 3 heteroatoms.